The van der Waals surface area contributed by atoms with Gasteiger partial charge in [0, 0.05) is 8.47 Å². The molecule has 0 fully saturated rings. The molecular formula is C10H13IS. The topological polar surface area (TPSA) is 0 Å². The molecule has 0 aliphatic carbocycles. The number of benzene rings is 1. The molecule has 0 atom stereocenters. The first kappa shape index (κ1) is 10.4. The van der Waals surface area contributed by atoms with E-state index in [1.807, 2.05) is 11.8 Å². The predicted molar refractivity (Wildman–Crippen MR) is 64.8 cm³/mol. The Morgan fingerprint density at radius 3 is 2.75 bits per heavy atom. The molecule has 0 heterocycles. The monoisotopic (exact) mass is 292 g/mol. The third-order valence-electron chi connectivity index (χ3n) is 1.59. The Morgan fingerprint density at radius 2 is 2.08 bits per heavy atom. The zero-order valence-corrected chi connectivity index (χ0v) is 10.2. The number of unbranched alkanes of at least 4 members (excludes halogenated alkanes) is 1. The van der Waals surface area contributed by atoms with Gasteiger partial charge in [0.05, 0.1) is 0 Å². The van der Waals surface area contributed by atoms with Crippen LogP contribution in [0.2, 0.25) is 0 Å². The maximum atomic E-state index is 2.39. The van der Waals surface area contributed by atoms with Gasteiger partial charge in [-0.25, -0.2) is 0 Å². The van der Waals surface area contributed by atoms with E-state index in [1.165, 1.54) is 27.1 Å². The molecule has 1 aromatic rings. The van der Waals surface area contributed by atoms with Crippen LogP contribution >= 0.6 is 34.4 Å². The molecule has 0 spiro atoms. The Bertz CT molecular complexity index is 235. The summed E-state index contributed by atoms with van der Waals surface area (Å²) in [4.78, 5) is 1.42. The molecule has 66 valence electrons. The van der Waals surface area contributed by atoms with E-state index in [-0.39, 0.29) is 0 Å². The highest BCUT2D eigenvalue weighted by Crippen LogP contribution is 2.24. The summed E-state index contributed by atoms with van der Waals surface area (Å²) in [7, 11) is 0. The first-order chi connectivity index (χ1) is 5.84. The molecule has 0 amide bonds. The summed E-state index contributed by atoms with van der Waals surface area (Å²) >= 11 is 4.36. The Labute approximate surface area is 92.3 Å². The normalized spacial score (nSPS) is 10.2. The average molecular weight is 292 g/mol. The summed E-state index contributed by atoms with van der Waals surface area (Å²) in [6, 6.07) is 8.55. The number of rotatable bonds is 4. The molecule has 1 aromatic carbocycles. The summed E-state index contributed by atoms with van der Waals surface area (Å²) in [5, 5.41) is 0. The lowest BCUT2D eigenvalue weighted by atomic mass is 10.4. The molecule has 2 heteroatoms. The highest BCUT2D eigenvalue weighted by atomic mass is 127. The standard InChI is InChI=1S/C10H13IS/c1-2-3-8-12-10-7-5-4-6-9(10)11/h4-7H,2-3,8H2,1H3. The van der Waals surface area contributed by atoms with E-state index in [1.54, 1.807) is 0 Å². The molecular weight excluding hydrogens is 279 g/mol. The van der Waals surface area contributed by atoms with Crippen LogP contribution in [0.25, 0.3) is 0 Å². The van der Waals surface area contributed by atoms with E-state index >= 15 is 0 Å². The average Bonchev–Trinajstić information content (AvgIpc) is 2.09. The fourth-order valence-electron chi connectivity index (χ4n) is 0.888. The zero-order valence-electron chi connectivity index (χ0n) is 7.22. The highest BCUT2D eigenvalue weighted by molar-refractivity contribution is 14.1. The second-order valence-electron chi connectivity index (χ2n) is 2.63. The molecule has 0 aromatic heterocycles. The van der Waals surface area contributed by atoms with Crippen LogP contribution in [-0.4, -0.2) is 5.75 Å². The zero-order chi connectivity index (χ0) is 8.81. The van der Waals surface area contributed by atoms with Crippen molar-refractivity contribution >= 4 is 34.4 Å². The van der Waals surface area contributed by atoms with Crippen LogP contribution in [0.4, 0.5) is 0 Å². The Kier molecular flexibility index (Phi) is 5.07. The van der Waals surface area contributed by atoms with Crippen molar-refractivity contribution in [3.05, 3.63) is 27.8 Å². The maximum absolute atomic E-state index is 2.39. The second-order valence-corrected chi connectivity index (χ2v) is 4.93. The summed E-state index contributed by atoms with van der Waals surface area (Å²) in [6.45, 7) is 2.23. The van der Waals surface area contributed by atoms with Gasteiger partial charge in [0.25, 0.3) is 0 Å². The quantitative estimate of drug-likeness (QED) is 0.455. The Hall–Kier alpha value is 0.300. The summed E-state index contributed by atoms with van der Waals surface area (Å²) in [5.74, 6) is 1.25. The van der Waals surface area contributed by atoms with Crippen LogP contribution in [-0.2, 0) is 0 Å². The van der Waals surface area contributed by atoms with Gasteiger partial charge in [0.15, 0.2) is 0 Å². The summed E-state index contributed by atoms with van der Waals surface area (Å²) in [5.41, 5.74) is 0. The van der Waals surface area contributed by atoms with Gasteiger partial charge in [0.1, 0.15) is 0 Å². The maximum Gasteiger partial charge on any atom is 0.0266 e. The van der Waals surface area contributed by atoms with Gasteiger partial charge >= 0.3 is 0 Å². The van der Waals surface area contributed by atoms with Crippen molar-refractivity contribution in [2.24, 2.45) is 0 Å². The number of hydrogen-bond donors (Lipinski definition) is 0. The van der Waals surface area contributed by atoms with E-state index in [2.05, 4.69) is 53.8 Å². The first-order valence-electron chi connectivity index (χ1n) is 4.22. The lowest BCUT2D eigenvalue weighted by molar-refractivity contribution is 0.896. The molecule has 0 unspecified atom stereocenters. The minimum Gasteiger partial charge on any atom is -0.125 e. The van der Waals surface area contributed by atoms with Gasteiger partial charge in [-0.2, -0.15) is 0 Å². The molecule has 12 heavy (non-hydrogen) atoms. The van der Waals surface area contributed by atoms with E-state index in [0.29, 0.717) is 0 Å². The summed E-state index contributed by atoms with van der Waals surface area (Å²) in [6.07, 6.45) is 2.60. The largest absolute Gasteiger partial charge is 0.125 e. The number of hydrogen-bond acceptors (Lipinski definition) is 1. The first-order valence-corrected chi connectivity index (χ1v) is 6.28. The van der Waals surface area contributed by atoms with Gasteiger partial charge in [-0.3, -0.25) is 0 Å². The van der Waals surface area contributed by atoms with Gasteiger partial charge < -0.3 is 0 Å². The summed E-state index contributed by atoms with van der Waals surface area (Å²) < 4.78 is 1.37. The third kappa shape index (κ3) is 3.35. The lowest BCUT2D eigenvalue weighted by Crippen LogP contribution is -1.81. The third-order valence-corrected chi connectivity index (χ3v) is 4.06. The second kappa shape index (κ2) is 5.86. The Morgan fingerprint density at radius 1 is 1.33 bits per heavy atom. The van der Waals surface area contributed by atoms with E-state index in [9.17, 15) is 0 Å². The number of halogens is 1. The minimum absolute atomic E-state index is 1.25. The van der Waals surface area contributed by atoms with Crippen LogP contribution in [0.1, 0.15) is 19.8 Å². The highest BCUT2D eigenvalue weighted by Gasteiger charge is 1.96. The van der Waals surface area contributed by atoms with Gasteiger partial charge in [0.2, 0.25) is 0 Å². The van der Waals surface area contributed by atoms with Crippen LogP contribution in [0.5, 0.6) is 0 Å². The van der Waals surface area contributed by atoms with Crippen LogP contribution in [0, 0.1) is 3.57 Å². The van der Waals surface area contributed by atoms with E-state index < -0.39 is 0 Å². The van der Waals surface area contributed by atoms with E-state index in [4.69, 9.17) is 0 Å². The van der Waals surface area contributed by atoms with Crippen molar-refractivity contribution in [2.45, 2.75) is 24.7 Å². The smallest absolute Gasteiger partial charge is 0.0266 e. The van der Waals surface area contributed by atoms with Crippen LogP contribution in [0.3, 0.4) is 0 Å². The predicted octanol–water partition coefficient (Wildman–Crippen LogP) is 4.18. The Balaban J connectivity index is 2.46. The van der Waals surface area contributed by atoms with Crippen LogP contribution in [0.15, 0.2) is 29.2 Å². The van der Waals surface area contributed by atoms with Crippen molar-refractivity contribution in [3.63, 3.8) is 0 Å². The van der Waals surface area contributed by atoms with Crippen molar-refractivity contribution in [2.75, 3.05) is 5.75 Å². The molecule has 0 saturated heterocycles. The van der Waals surface area contributed by atoms with Crippen molar-refractivity contribution in [3.8, 4) is 0 Å². The molecule has 0 N–H and O–H groups in total. The molecule has 0 bridgehead atoms. The minimum atomic E-state index is 1.25. The fraction of sp³-hybridized carbons (Fsp3) is 0.400. The van der Waals surface area contributed by atoms with Gasteiger partial charge in [-0.1, -0.05) is 25.5 Å². The van der Waals surface area contributed by atoms with Gasteiger partial charge in [-0.15, -0.1) is 11.8 Å². The molecule has 0 saturated carbocycles. The fourth-order valence-corrected chi connectivity index (χ4v) is 2.78. The molecule has 0 radical (unpaired) electrons. The molecule has 1 rings (SSSR count). The lowest BCUT2D eigenvalue weighted by Gasteiger charge is -2.02. The van der Waals surface area contributed by atoms with Crippen molar-refractivity contribution < 1.29 is 0 Å². The van der Waals surface area contributed by atoms with E-state index in [0.717, 1.165) is 0 Å². The van der Waals surface area contributed by atoms with Crippen LogP contribution < -0.4 is 0 Å². The SMILES string of the molecule is CCCCSc1ccccc1I. The number of thioether (sulfide) groups is 1. The molecule has 0 nitrogen and oxygen atoms in total. The van der Waals surface area contributed by atoms with Crippen molar-refractivity contribution in [1.82, 2.24) is 0 Å². The molecule has 0 aliphatic rings. The van der Waals surface area contributed by atoms with Gasteiger partial charge in [-0.05, 0) is 46.9 Å². The molecule has 0 aliphatic heterocycles. The van der Waals surface area contributed by atoms with Crippen molar-refractivity contribution in [1.29, 1.82) is 0 Å².